The van der Waals surface area contributed by atoms with Crippen molar-refractivity contribution in [3.8, 4) is 0 Å². The summed E-state index contributed by atoms with van der Waals surface area (Å²) in [5, 5.41) is 3.33. The summed E-state index contributed by atoms with van der Waals surface area (Å²) in [5.74, 6) is 0.787. The lowest BCUT2D eigenvalue weighted by Crippen LogP contribution is -2.11. The summed E-state index contributed by atoms with van der Waals surface area (Å²) in [7, 11) is 0. The monoisotopic (exact) mass is 194 g/mol. The van der Waals surface area contributed by atoms with Gasteiger partial charge in [-0.15, -0.1) is 0 Å². The highest BCUT2D eigenvalue weighted by atomic mass is 14.9. The minimum Gasteiger partial charge on any atom is -0.354 e. The normalized spacial score (nSPS) is 11.1. The van der Waals surface area contributed by atoms with Crippen LogP contribution < -0.4 is 5.32 Å². The Labute approximate surface area is 87.3 Å². The van der Waals surface area contributed by atoms with Crippen LogP contribution in [0.15, 0.2) is 18.5 Å². The van der Waals surface area contributed by atoms with Crippen molar-refractivity contribution in [2.45, 2.75) is 40.3 Å². The minimum atomic E-state index is 0.787. The summed E-state index contributed by atoms with van der Waals surface area (Å²) in [4.78, 5) is 0. The van der Waals surface area contributed by atoms with E-state index in [0.717, 1.165) is 25.6 Å². The first-order valence-corrected chi connectivity index (χ1v) is 5.57. The smallest absolute Gasteiger partial charge is 0.0222 e. The molecule has 0 aliphatic heterocycles. The molecule has 0 saturated carbocycles. The van der Waals surface area contributed by atoms with Crippen LogP contribution in [0.4, 0.5) is 0 Å². The van der Waals surface area contributed by atoms with Crippen molar-refractivity contribution < 1.29 is 0 Å². The average molecular weight is 194 g/mol. The molecule has 1 heterocycles. The molecule has 1 N–H and O–H groups in total. The summed E-state index contributed by atoms with van der Waals surface area (Å²) in [5.41, 5.74) is 1.38. The quantitative estimate of drug-likeness (QED) is 0.736. The van der Waals surface area contributed by atoms with E-state index in [9.17, 15) is 0 Å². The molecule has 14 heavy (non-hydrogen) atoms. The van der Waals surface area contributed by atoms with E-state index >= 15 is 0 Å². The highest BCUT2D eigenvalue weighted by molar-refractivity contribution is 5.09. The molecule has 1 aromatic rings. The number of rotatable bonds is 6. The molecule has 1 aromatic heterocycles. The Balaban J connectivity index is 2.35. The minimum absolute atomic E-state index is 0.787. The van der Waals surface area contributed by atoms with Gasteiger partial charge in [0.25, 0.3) is 0 Å². The van der Waals surface area contributed by atoms with E-state index in [2.05, 4.69) is 49.1 Å². The van der Waals surface area contributed by atoms with Crippen molar-refractivity contribution in [3.63, 3.8) is 0 Å². The second-order valence-electron chi connectivity index (χ2n) is 4.22. The lowest BCUT2D eigenvalue weighted by atomic mass is 10.1. The van der Waals surface area contributed by atoms with Crippen molar-refractivity contribution in [1.82, 2.24) is 9.88 Å². The Kier molecular flexibility index (Phi) is 4.74. The van der Waals surface area contributed by atoms with E-state index in [4.69, 9.17) is 0 Å². The van der Waals surface area contributed by atoms with Gasteiger partial charge in [0.15, 0.2) is 0 Å². The van der Waals surface area contributed by atoms with Gasteiger partial charge in [-0.3, -0.25) is 0 Å². The predicted molar refractivity (Wildman–Crippen MR) is 61.3 cm³/mol. The van der Waals surface area contributed by atoms with Crippen LogP contribution >= 0.6 is 0 Å². The molecule has 0 bridgehead atoms. The molecule has 2 nitrogen and oxygen atoms in total. The summed E-state index contributed by atoms with van der Waals surface area (Å²) < 4.78 is 2.28. The molecule has 80 valence electrons. The Bertz CT molecular complexity index is 251. The van der Waals surface area contributed by atoms with Crippen LogP contribution in [0.2, 0.25) is 0 Å². The molecule has 0 saturated heterocycles. The largest absolute Gasteiger partial charge is 0.354 e. The molecule has 2 heteroatoms. The van der Waals surface area contributed by atoms with Crippen LogP contribution in [-0.2, 0) is 13.1 Å². The Morgan fingerprint density at radius 1 is 1.43 bits per heavy atom. The summed E-state index contributed by atoms with van der Waals surface area (Å²) in [6.45, 7) is 9.84. The van der Waals surface area contributed by atoms with Crippen LogP contribution in [0.3, 0.4) is 0 Å². The molecule has 0 aromatic carbocycles. The van der Waals surface area contributed by atoms with Crippen LogP contribution in [0.5, 0.6) is 0 Å². The molecule has 0 unspecified atom stereocenters. The third-order valence-electron chi connectivity index (χ3n) is 2.36. The summed E-state index contributed by atoms with van der Waals surface area (Å²) in [6, 6.07) is 2.20. The van der Waals surface area contributed by atoms with Crippen LogP contribution in [0.1, 0.15) is 32.8 Å². The van der Waals surface area contributed by atoms with Crippen LogP contribution in [0, 0.1) is 5.92 Å². The number of nitrogens with one attached hydrogen (secondary N) is 1. The number of nitrogens with zero attached hydrogens (tertiary/aromatic N) is 1. The Hall–Kier alpha value is -0.760. The molecule has 0 aliphatic carbocycles. The van der Waals surface area contributed by atoms with E-state index in [1.807, 2.05) is 0 Å². The fourth-order valence-electron chi connectivity index (χ4n) is 1.41. The standard InChI is InChI=1S/C12H22N2/c1-4-13-9-12-6-8-14(10-12)7-5-11(2)3/h6,8,10-11,13H,4-5,7,9H2,1-3H3. The van der Waals surface area contributed by atoms with Gasteiger partial charge in [-0.2, -0.15) is 0 Å². The maximum absolute atomic E-state index is 3.33. The second-order valence-corrected chi connectivity index (χ2v) is 4.22. The fraction of sp³-hybridized carbons (Fsp3) is 0.667. The van der Waals surface area contributed by atoms with E-state index in [1.54, 1.807) is 0 Å². The van der Waals surface area contributed by atoms with Crippen LogP contribution in [0.25, 0.3) is 0 Å². The molecule has 0 amide bonds. The van der Waals surface area contributed by atoms with Crippen LogP contribution in [-0.4, -0.2) is 11.1 Å². The van der Waals surface area contributed by atoms with Gasteiger partial charge < -0.3 is 9.88 Å². The first-order chi connectivity index (χ1) is 6.72. The average Bonchev–Trinajstić information content (AvgIpc) is 2.59. The van der Waals surface area contributed by atoms with E-state index in [-0.39, 0.29) is 0 Å². The van der Waals surface area contributed by atoms with Gasteiger partial charge in [0.2, 0.25) is 0 Å². The van der Waals surface area contributed by atoms with Gasteiger partial charge in [0.1, 0.15) is 0 Å². The van der Waals surface area contributed by atoms with Gasteiger partial charge in [-0.1, -0.05) is 20.8 Å². The summed E-state index contributed by atoms with van der Waals surface area (Å²) in [6.07, 6.45) is 5.68. The van der Waals surface area contributed by atoms with E-state index in [1.165, 1.54) is 12.0 Å². The molecule has 0 radical (unpaired) electrons. The van der Waals surface area contributed by atoms with Crippen molar-refractivity contribution in [2.75, 3.05) is 6.54 Å². The highest BCUT2D eigenvalue weighted by Crippen LogP contribution is 2.06. The zero-order chi connectivity index (χ0) is 10.4. The highest BCUT2D eigenvalue weighted by Gasteiger charge is 1.97. The van der Waals surface area contributed by atoms with Gasteiger partial charge in [0.05, 0.1) is 0 Å². The van der Waals surface area contributed by atoms with Gasteiger partial charge in [0, 0.05) is 25.5 Å². The van der Waals surface area contributed by atoms with E-state index in [0.29, 0.717) is 0 Å². The van der Waals surface area contributed by atoms with Crippen molar-refractivity contribution in [1.29, 1.82) is 0 Å². The maximum Gasteiger partial charge on any atom is 0.0222 e. The molecule has 0 aliphatic rings. The number of hydrogen-bond donors (Lipinski definition) is 1. The first-order valence-electron chi connectivity index (χ1n) is 5.57. The number of aromatic nitrogens is 1. The predicted octanol–water partition coefficient (Wildman–Crippen LogP) is 2.64. The fourth-order valence-corrected chi connectivity index (χ4v) is 1.41. The topological polar surface area (TPSA) is 17.0 Å². The molecular formula is C12H22N2. The third-order valence-corrected chi connectivity index (χ3v) is 2.36. The molecule has 0 atom stereocenters. The molecule has 0 spiro atoms. The number of hydrogen-bond acceptors (Lipinski definition) is 1. The lowest BCUT2D eigenvalue weighted by Gasteiger charge is -2.05. The number of aryl methyl sites for hydroxylation is 1. The van der Waals surface area contributed by atoms with Crippen molar-refractivity contribution in [2.24, 2.45) is 5.92 Å². The van der Waals surface area contributed by atoms with Gasteiger partial charge in [-0.25, -0.2) is 0 Å². The van der Waals surface area contributed by atoms with Gasteiger partial charge in [-0.05, 0) is 30.5 Å². The van der Waals surface area contributed by atoms with Gasteiger partial charge >= 0.3 is 0 Å². The Morgan fingerprint density at radius 3 is 2.86 bits per heavy atom. The second kappa shape index (κ2) is 5.86. The molecule has 1 rings (SSSR count). The van der Waals surface area contributed by atoms with E-state index < -0.39 is 0 Å². The zero-order valence-corrected chi connectivity index (χ0v) is 9.59. The van der Waals surface area contributed by atoms with Crippen molar-refractivity contribution in [3.05, 3.63) is 24.0 Å². The molecule has 0 fully saturated rings. The maximum atomic E-state index is 3.33. The SMILES string of the molecule is CCNCc1ccn(CCC(C)C)c1. The van der Waals surface area contributed by atoms with Crippen molar-refractivity contribution >= 4 is 0 Å². The Morgan fingerprint density at radius 2 is 2.21 bits per heavy atom. The lowest BCUT2D eigenvalue weighted by molar-refractivity contribution is 0.517. The molecular weight excluding hydrogens is 172 g/mol. The zero-order valence-electron chi connectivity index (χ0n) is 9.59. The summed E-state index contributed by atoms with van der Waals surface area (Å²) >= 11 is 0. The first kappa shape index (κ1) is 11.3. The third kappa shape index (κ3) is 3.97.